The fraction of sp³-hybridized carbons (Fsp3) is 0.167. The summed E-state index contributed by atoms with van der Waals surface area (Å²) in [6.07, 6.45) is 0. The summed E-state index contributed by atoms with van der Waals surface area (Å²) in [4.78, 5) is 12.2. The Bertz CT molecular complexity index is 1010. The van der Waals surface area contributed by atoms with E-state index >= 15 is 0 Å². The van der Waals surface area contributed by atoms with Gasteiger partial charge in [-0.25, -0.2) is 0 Å². The Balaban J connectivity index is 1.67. The SMILES string of the molecule is Cc1cc(OCC(=O)Nc2cccc(-n3c(C)n[nH]c3=S)c2)ccc1Cl. The summed E-state index contributed by atoms with van der Waals surface area (Å²) in [5.74, 6) is 1.07. The van der Waals surface area contributed by atoms with Crippen LogP contribution in [0.15, 0.2) is 42.5 Å². The molecule has 26 heavy (non-hydrogen) atoms. The van der Waals surface area contributed by atoms with Crippen LogP contribution in [0.4, 0.5) is 5.69 Å². The van der Waals surface area contributed by atoms with Gasteiger partial charge >= 0.3 is 0 Å². The number of benzene rings is 2. The molecule has 0 aliphatic heterocycles. The maximum Gasteiger partial charge on any atom is 0.262 e. The van der Waals surface area contributed by atoms with Gasteiger partial charge in [0.2, 0.25) is 0 Å². The predicted octanol–water partition coefficient (Wildman–Crippen LogP) is 4.22. The molecule has 0 aliphatic rings. The van der Waals surface area contributed by atoms with Gasteiger partial charge in [0.1, 0.15) is 11.6 Å². The summed E-state index contributed by atoms with van der Waals surface area (Å²) in [5.41, 5.74) is 2.35. The molecule has 0 radical (unpaired) electrons. The monoisotopic (exact) mass is 388 g/mol. The Morgan fingerprint density at radius 1 is 1.31 bits per heavy atom. The first-order chi connectivity index (χ1) is 12.4. The number of nitrogens with one attached hydrogen (secondary N) is 2. The van der Waals surface area contributed by atoms with Crippen LogP contribution in [0.25, 0.3) is 5.69 Å². The molecule has 134 valence electrons. The molecule has 0 bridgehead atoms. The lowest BCUT2D eigenvalue weighted by Gasteiger charge is -2.10. The van der Waals surface area contributed by atoms with Gasteiger partial charge in [-0.2, -0.15) is 5.10 Å². The second-order valence-corrected chi connectivity index (χ2v) is 6.50. The molecule has 3 aromatic rings. The highest BCUT2D eigenvalue weighted by Crippen LogP contribution is 2.21. The minimum absolute atomic E-state index is 0.102. The van der Waals surface area contributed by atoms with E-state index in [0.29, 0.717) is 21.2 Å². The standard InChI is InChI=1S/C18H17ClN4O2S/c1-11-8-15(6-7-16(11)19)25-10-17(24)20-13-4-3-5-14(9-13)23-12(2)21-22-18(23)26/h3-9H,10H2,1-2H3,(H,20,24)(H,22,26). The van der Waals surface area contributed by atoms with Crippen molar-refractivity contribution in [2.45, 2.75) is 13.8 Å². The predicted molar refractivity (Wildman–Crippen MR) is 104 cm³/mol. The van der Waals surface area contributed by atoms with Crippen molar-refractivity contribution in [3.05, 3.63) is 63.6 Å². The van der Waals surface area contributed by atoms with Crippen LogP contribution < -0.4 is 10.1 Å². The highest BCUT2D eigenvalue weighted by molar-refractivity contribution is 7.71. The van der Waals surface area contributed by atoms with Gasteiger partial charge in [-0.3, -0.25) is 14.5 Å². The molecule has 3 rings (SSSR count). The van der Waals surface area contributed by atoms with Crippen molar-refractivity contribution >= 4 is 35.4 Å². The first kappa shape index (κ1) is 18.2. The fourth-order valence-corrected chi connectivity index (χ4v) is 2.86. The van der Waals surface area contributed by atoms with Gasteiger partial charge in [0.15, 0.2) is 11.4 Å². The first-order valence-corrected chi connectivity index (χ1v) is 8.66. The number of H-pyrrole nitrogens is 1. The van der Waals surface area contributed by atoms with E-state index in [1.165, 1.54) is 0 Å². The third kappa shape index (κ3) is 4.12. The highest BCUT2D eigenvalue weighted by Gasteiger charge is 2.08. The Kier molecular flexibility index (Phi) is 5.39. The fourth-order valence-electron chi connectivity index (χ4n) is 2.46. The molecule has 1 aromatic heterocycles. The van der Waals surface area contributed by atoms with Crippen LogP contribution in [-0.4, -0.2) is 27.3 Å². The van der Waals surface area contributed by atoms with Crippen LogP contribution in [0, 0.1) is 18.6 Å². The number of amides is 1. The number of carbonyl (C=O) groups is 1. The quantitative estimate of drug-likeness (QED) is 0.642. The number of hydrogen-bond donors (Lipinski definition) is 2. The number of halogens is 1. The molecular formula is C18H17ClN4O2S. The number of aromatic amines is 1. The molecule has 0 fully saturated rings. The van der Waals surface area contributed by atoms with Crippen molar-refractivity contribution < 1.29 is 9.53 Å². The smallest absolute Gasteiger partial charge is 0.262 e. The van der Waals surface area contributed by atoms with Crippen molar-refractivity contribution in [2.24, 2.45) is 0 Å². The second kappa shape index (κ2) is 7.72. The molecule has 0 unspecified atom stereocenters. The number of rotatable bonds is 5. The maximum absolute atomic E-state index is 12.2. The summed E-state index contributed by atoms with van der Waals surface area (Å²) in [6.45, 7) is 3.62. The second-order valence-electron chi connectivity index (χ2n) is 5.71. The van der Waals surface area contributed by atoms with E-state index in [1.807, 2.05) is 32.0 Å². The van der Waals surface area contributed by atoms with Crippen LogP contribution in [0.1, 0.15) is 11.4 Å². The molecule has 0 saturated carbocycles. The van der Waals surface area contributed by atoms with Gasteiger partial charge in [-0.05, 0) is 68.0 Å². The van der Waals surface area contributed by atoms with Crippen molar-refractivity contribution in [1.29, 1.82) is 0 Å². The zero-order valence-electron chi connectivity index (χ0n) is 14.2. The number of aryl methyl sites for hydroxylation is 2. The molecule has 0 spiro atoms. The number of ether oxygens (including phenoxy) is 1. The minimum Gasteiger partial charge on any atom is -0.484 e. The van der Waals surface area contributed by atoms with Crippen molar-refractivity contribution in [3.63, 3.8) is 0 Å². The van der Waals surface area contributed by atoms with Gasteiger partial charge in [-0.1, -0.05) is 17.7 Å². The van der Waals surface area contributed by atoms with Crippen LogP contribution in [-0.2, 0) is 4.79 Å². The molecule has 1 amide bonds. The summed E-state index contributed by atoms with van der Waals surface area (Å²) in [5, 5.41) is 10.3. The van der Waals surface area contributed by atoms with Crippen LogP contribution >= 0.6 is 23.8 Å². The zero-order valence-corrected chi connectivity index (χ0v) is 15.8. The Morgan fingerprint density at radius 2 is 2.12 bits per heavy atom. The average Bonchev–Trinajstić information content (AvgIpc) is 2.95. The van der Waals surface area contributed by atoms with Crippen molar-refractivity contribution in [1.82, 2.24) is 14.8 Å². The lowest BCUT2D eigenvalue weighted by atomic mass is 10.2. The van der Waals surface area contributed by atoms with E-state index in [1.54, 1.807) is 28.8 Å². The zero-order chi connectivity index (χ0) is 18.7. The molecule has 1 heterocycles. The van der Waals surface area contributed by atoms with Gasteiger partial charge < -0.3 is 10.1 Å². The van der Waals surface area contributed by atoms with Crippen LogP contribution in [0.5, 0.6) is 5.75 Å². The molecule has 6 nitrogen and oxygen atoms in total. The number of aromatic nitrogens is 3. The summed E-state index contributed by atoms with van der Waals surface area (Å²) in [7, 11) is 0. The molecular weight excluding hydrogens is 372 g/mol. The van der Waals surface area contributed by atoms with E-state index in [2.05, 4.69) is 15.5 Å². The number of anilines is 1. The van der Waals surface area contributed by atoms with E-state index in [-0.39, 0.29) is 12.5 Å². The molecule has 0 saturated heterocycles. The summed E-state index contributed by atoms with van der Waals surface area (Å²) >= 11 is 11.2. The topological polar surface area (TPSA) is 71.9 Å². The number of carbonyl (C=O) groups excluding carboxylic acids is 1. The number of hydrogen-bond acceptors (Lipinski definition) is 4. The maximum atomic E-state index is 12.2. The third-order valence-corrected chi connectivity index (χ3v) is 4.43. The summed E-state index contributed by atoms with van der Waals surface area (Å²) < 4.78 is 7.79. The lowest BCUT2D eigenvalue weighted by molar-refractivity contribution is -0.118. The Hall–Kier alpha value is -2.64. The lowest BCUT2D eigenvalue weighted by Crippen LogP contribution is -2.20. The molecule has 2 aromatic carbocycles. The van der Waals surface area contributed by atoms with Gasteiger partial charge in [0.25, 0.3) is 5.91 Å². The van der Waals surface area contributed by atoms with Crippen LogP contribution in [0.3, 0.4) is 0 Å². The Morgan fingerprint density at radius 3 is 2.81 bits per heavy atom. The van der Waals surface area contributed by atoms with Crippen molar-refractivity contribution in [3.8, 4) is 11.4 Å². The minimum atomic E-state index is -0.262. The van der Waals surface area contributed by atoms with E-state index < -0.39 is 0 Å². The van der Waals surface area contributed by atoms with E-state index in [0.717, 1.165) is 17.1 Å². The number of nitrogens with zero attached hydrogens (tertiary/aromatic N) is 2. The molecule has 0 aliphatic carbocycles. The largest absolute Gasteiger partial charge is 0.484 e. The van der Waals surface area contributed by atoms with Gasteiger partial charge in [-0.15, -0.1) is 0 Å². The normalized spacial score (nSPS) is 10.6. The highest BCUT2D eigenvalue weighted by atomic mass is 35.5. The van der Waals surface area contributed by atoms with Crippen LogP contribution in [0.2, 0.25) is 5.02 Å². The third-order valence-electron chi connectivity index (χ3n) is 3.73. The van der Waals surface area contributed by atoms with Gasteiger partial charge in [0, 0.05) is 10.7 Å². The van der Waals surface area contributed by atoms with Crippen molar-refractivity contribution in [2.75, 3.05) is 11.9 Å². The first-order valence-electron chi connectivity index (χ1n) is 7.87. The molecule has 0 atom stereocenters. The summed E-state index contributed by atoms with van der Waals surface area (Å²) in [6, 6.07) is 12.6. The Labute approximate surface area is 160 Å². The van der Waals surface area contributed by atoms with E-state index in [9.17, 15) is 4.79 Å². The average molecular weight is 389 g/mol. The van der Waals surface area contributed by atoms with E-state index in [4.69, 9.17) is 28.6 Å². The molecule has 2 N–H and O–H groups in total. The molecule has 8 heteroatoms. The van der Waals surface area contributed by atoms with Gasteiger partial charge in [0.05, 0.1) is 5.69 Å².